The van der Waals surface area contributed by atoms with Gasteiger partial charge in [-0.2, -0.15) is 13.8 Å². The molecule has 7 nitrogen and oxygen atoms in total. The Bertz CT molecular complexity index is 1040. The Morgan fingerprint density at radius 1 is 1.08 bits per heavy atom. The summed E-state index contributed by atoms with van der Waals surface area (Å²) in [6.45, 7) is 0. The lowest BCUT2D eigenvalue weighted by Crippen LogP contribution is -2.12. The molecule has 2 heterocycles. The van der Waals surface area contributed by atoms with Crippen molar-refractivity contribution < 1.29 is 18.1 Å². The summed E-state index contributed by atoms with van der Waals surface area (Å²) in [7, 11) is 0. The minimum Gasteiger partial charge on any atom is -0.333 e. The summed E-state index contributed by atoms with van der Waals surface area (Å²) in [6, 6.07) is 13.6. The van der Waals surface area contributed by atoms with Gasteiger partial charge in [0.2, 0.25) is 11.8 Å². The van der Waals surface area contributed by atoms with Crippen molar-refractivity contribution in [2.24, 2.45) is 0 Å². The van der Waals surface area contributed by atoms with Crippen molar-refractivity contribution in [3.8, 4) is 11.4 Å². The first-order valence-corrected chi connectivity index (χ1v) is 7.58. The van der Waals surface area contributed by atoms with Gasteiger partial charge >= 0.3 is 6.43 Å². The van der Waals surface area contributed by atoms with E-state index in [-0.39, 0.29) is 11.7 Å². The molecular formula is C17H11F2N5O2. The number of imidazole rings is 1. The summed E-state index contributed by atoms with van der Waals surface area (Å²) in [4.78, 5) is 23.2. The molecule has 2 aromatic heterocycles. The highest BCUT2D eigenvalue weighted by atomic mass is 19.3. The van der Waals surface area contributed by atoms with Crippen LogP contribution in [0, 0.1) is 0 Å². The van der Waals surface area contributed by atoms with E-state index >= 15 is 0 Å². The van der Waals surface area contributed by atoms with Gasteiger partial charge < -0.3 is 9.51 Å². The minimum absolute atomic E-state index is 0.0320. The number of alkyl halides is 2. The first-order valence-electron chi connectivity index (χ1n) is 7.58. The van der Waals surface area contributed by atoms with E-state index in [1.807, 2.05) is 24.3 Å². The quantitative estimate of drug-likeness (QED) is 0.580. The number of aromatic amines is 1. The van der Waals surface area contributed by atoms with Gasteiger partial charge in [-0.15, -0.1) is 0 Å². The van der Waals surface area contributed by atoms with Crippen molar-refractivity contribution in [3.63, 3.8) is 0 Å². The van der Waals surface area contributed by atoms with Crippen LogP contribution < -0.4 is 5.32 Å². The second-order valence-corrected chi connectivity index (χ2v) is 5.39. The molecule has 2 N–H and O–H groups in total. The Kier molecular flexibility index (Phi) is 3.88. The second kappa shape index (κ2) is 6.36. The lowest BCUT2D eigenvalue weighted by molar-refractivity contribution is 0.102. The number of carbonyl (C=O) groups is 1. The summed E-state index contributed by atoms with van der Waals surface area (Å²) in [5, 5.41) is 6.16. The normalized spacial score (nSPS) is 11.2. The molecule has 4 aromatic rings. The van der Waals surface area contributed by atoms with E-state index in [1.165, 1.54) is 12.1 Å². The molecule has 0 aliphatic carbocycles. The van der Waals surface area contributed by atoms with E-state index in [1.54, 1.807) is 12.1 Å². The number of aromatic nitrogens is 4. The highest BCUT2D eigenvalue weighted by molar-refractivity contribution is 6.04. The highest BCUT2D eigenvalue weighted by Gasteiger charge is 2.17. The van der Waals surface area contributed by atoms with Crippen LogP contribution in [-0.2, 0) is 0 Å². The highest BCUT2D eigenvalue weighted by Crippen LogP contribution is 2.22. The SMILES string of the molecule is O=C(Nc1nc2ccccc2[nH]1)c1ccc(-c2noc(C(F)F)n2)cc1. The molecule has 0 saturated carbocycles. The molecule has 0 radical (unpaired) electrons. The van der Waals surface area contributed by atoms with E-state index in [0.29, 0.717) is 17.1 Å². The first kappa shape index (κ1) is 15.9. The lowest BCUT2D eigenvalue weighted by Gasteiger charge is -2.02. The fraction of sp³-hybridized carbons (Fsp3) is 0.0588. The summed E-state index contributed by atoms with van der Waals surface area (Å²) in [6.07, 6.45) is -2.83. The van der Waals surface area contributed by atoms with Gasteiger partial charge in [-0.25, -0.2) is 4.98 Å². The average Bonchev–Trinajstić information content (AvgIpc) is 3.28. The van der Waals surface area contributed by atoms with E-state index in [4.69, 9.17) is 0 Å². The number of hydrogen-bond donors (Lipinski definition) is 2. The van der Waals surface area contributed by atoms with Crippen molar-refractivity contribution in [2.45, 2.75) is 6.43 Å². The molecule has 0 aliphatic heterocycles. The van der Waals surface area contributed by atoms with E-state index in [9.17, 15) is 13.6 Å². The van der Waals surface area contributed by atoms with Gasteiger partial charge in [0.1, 0.15) is 0 Å². The van der Waals surface area contributed by atoms with E-state index in [2.05, 4.69) is 29.9 Å². The number of para-hydroxylation sites is 2. The van der Waals surface area contributed by atoms with Crippen molar-refractivity contribution in [3.05, 3.63) is 60.0 Å². The van der Waals surface area contributed by atoms with Crippen molar-refractivity contribution >= 4 is 22.9 Å². The van der Waals surface area contributed by atoms with Gasteiger partial charge in [-0.05, 0) is 24.3 Å². The Hall–Kier alpha value is -3.62. The van der Waals surface area contributed by atoms with Crippen LogP contribution in [0.1, 0.15) is 22.7 Å². The van der Waals surface area contributed by atoms with Crippen LogP contribution in [0.4, 0.5) is 14.7 Å². The number of rotatable bonds is 4. The maximum Gasteiger partial charge on any atom is 0.315 e. The maximum atomic E-state index is 12.5. The van der Waals surface area contributed by atoms with Gasteiger partial charge in [0.15, 0.2) is 0 Å². The van der Waals surface area contributed by atoms with Crippen LogP contribution in [-0.4, -0.2) is 26.0 Å². The fourth-order valence-electron chi connectivity index (χ4n) is 2.40. The molecule has 130 valence electrons. The molecule has 4 rings (SSSR count). The first-order chi connectivity index (χ1) is 12.6. The zero-order chi connectivity index (χ0) is 18.1. The van der Waals surface area contributed by atoms with Crippen LogP contribution >= 0.6 is 0 Å². The zero-order valence-corrected chi connectivity index (χ0v) is 13.1. The number of amides is 1. The third-order valence-electron chi connectivity index (χ3n) is 3.66. The van der Waals surface area contributed by atoms with Crippen LogP contribution in [0.5, 0.6) is 0 Å². The second-order valence-electron chi connectivity index (χ2n) is 5.39. The van der Waals surface area contributed by atoms with Gasteiger partial charge in [0.05, 0.1) is 11.0 Å². The number of benzene rings is 2. The number of fused-ring (bicyclic) bond motifs is 1. The predicted octanol–water partition coefficient (Wildman–Crippen LogP) is 3.80. The van der Waals surface area contributed by atoms with Crippen molar-refractivity contribution in [1.29, 1.82) is 0 Å². The molecule has 26 heavy (non-hydrogen) atoms. The summed E-state index contributed by atoms with van der Waals surface area (Å²) >= 11 is 0. The monoisotopic (exact) mass is 355 g/mol. The third kappa shape index (κ3) is 3.02. The van der Waals surface area contributed by atoms with E-state index in [0.717, 1.165) is 11.0 Å². The molecular weight excluding hydrogens is 344 g/mol. The number of H-pyrrole nitrogens is 1. The molecule has 0 unspecified atom stereocenters. The molecule has 2 aromatic carbocycles. The molecule has 0 aliphatic rings. The van der Waals surface area contributed by atoms with Crippen LogP contribution in [0.3, 0.4) is 0 Å². The molecule has 1 amide bonds. The number of nitrogens with one attached hydrogen (secondary N) is 2. The smallest absolute Gasteiger partial charge is 0.315 e. The Morgan fingerprint density at radius 3 is 2.54 bits per heavy atom. The average molecular weight is 355 g/mol. The summed E-state index contributed by atoms with van der Waals surface area (Å²) < 4.78 is 29.4. The summed E-state index contributed by atoms with van der Waals surface area (Å²) in [5.41, 5.74) is 2.38. The number of halogens is 2. The van der Waals surface area contributed by atoms with Crippen molar-refractivity contribution in [2.75, 3.05) is 5.32 Å². The van der Waals surface area contributed by atoms with Gasteiger partial charge in [0, 0.05) is 11.1 Å². The number of carbonyl (C=O) groups excluding carboxylic acids is 1. The largest absolute Gasteiger partial charge is 0.333 e. The summed E-state index contributed by atoms with van der Waals surface area (Å²) in [5.74, 6) is -0.742. The van der Waals surface area contributed by atoms with Gasteiger partial charge in [0.25, 0.3) is 11.8 Å². The zero-order valence-electron chi connectivity index (χ0n) is 13.1. The number of anilines is 1. The van der Waals surface area contributed by atoms with Crippen LogP contribution in [0.15, 0.2) is 53.1 Å². The molecule has 0 bridgehead atoms. The lowest BCUT2D eigenvalue weighted by atomic mass is 10.1. The standard InChI is InChI=1S/C17H11F2N5O2/c18-13(19)16-22-14(24-26-16)9-5-7-10(8-6-9)15(25)23-17-20-11-3-1-2-4-12(11)21-17/h1-8,13H,(H2,20,21,23,25). The molecule has 0 saturated heterocycles. The Labute approximate surface area is 145 Å². The Morgan fingerprint density at radius 2 is 1.85 bits per heavy atom. The van der Waals surface area contributed by atoms with Crippen LogP contribution in [0.25, 0.3) is 22.4 Å². The Balaban J connectivity index is 1.51. The number of nitrogens with zero attached hydrogens (tertiary/aromatic N) is 3. The minimum atomic E-state index is -2.83. The molecule has 0 spiro atoms. The fourth-order valence-corrected chi connectivity index (χ4v) is 2.40. The van der Waals surface area contributed by atoms with Crippen LogP contribution in [0.2, 0.25) is 0 Å². The molecule has 0 fully saturated rings. The third-order valence-corrected chi connectivity index (χ3v) is 3.66. The topological polar surface area (TPSA) is 96.7 Å². The molecule has 0 atom stereocenters. The van der Waals surface area contributed by atoms with Crippen molar-refractivity contribution in [1.82, 2.24) is 20.1 Å². The van der Waals surface area contributed by atoms with Gasteiger partial charge in [-0.1, -0.05) is 29.4 Å². The number of hydrogen-bond acceptors (Lipinski definition) is 5. The predicted molar refractivity (Wildman–Crippen MR) is 88.7 cm³/mol. The van der Waals surface area contributed by atoms with Gasteiger partial charge in [-0.3, -0.25) is 10.1 Å². The maximum absolute atomic E-state index is 12.5. The molecule has 9 heteroatoms. The van der Waals surface area contributed by atoms with E-state index < -0.39 is 12.3 Å².